The number of carbonyl (C=O) groups is 1. The van der Waals surface area contributed by atoms with E-state index < -0.39 is 5.97 Å². The van der Waals surface area contributed by atoms with Crippen LogP contribution >= 0.6 is 0 Å². The van der Waals surface area contributed by atoms with Gasteiger partial charge in [-0.25, -0.2) is 4.79 Å². The molecule has 1 aromatic rings. The van der Waals surface area contributed by atoms with Crippen LogP contribution in [0.3, 0.4) is 0 Å². The molecule has 0 spiro atoms. The van der Waals surface area contributed by atoms with Crippen molar-refractivity contribution in [3.8, 4) is 0 Å². The van der Waals surface area contributed by atoms with Gasteiger partial charge in [-0.3, -0.25) is 0 Å². The lowest BCUT2D eigenvalue weighted by Gasteiger charge is -1.96. The number of aromatic carboxylic acids is 1. The molecule has 0 radical (unpaired) electrons. The summed E-state index contributed by atoms with van der Waals surface area (Å²) in [6.45, 7) is 0. The number of hydrogen-bond donors (Lipinski definition) is 1. The Morgan fingerprint density at radius 2 is 2.60 bits per heavy atom. The normalized spacial score (nSPS) is 9.30. The summed E-state index contributed by atoms with van der Waals surface area (Å²) in [6.07, 6.45) is 1.10. The highest BCUT2D eigenvalue weighted by molar-refractivity contribution is 5.84. The molecule has 6 nitrogen and oxygen atoms in total. The van der Waals surface area contributed by atoms with Crippen LogP contribution in [0, 0.1) is 0 Å². The Morgan fingerprint density at radius 3 is 3.00 bits per heavy atom. The summed E-state index contributed by atoms with van der Waals surface area (Å²) in [7, 11) is 1.31. The van der Waals surface area contributed by atoms with Gasteiger partial charge >= 0.3 is 5.97 Å². The van der Waals surface area contributed by atoms with Crippen LogP contribution in [0.4, 0.5) is 0 Å². The first-order valence-electron chi connectivity index (χ1n) is 2.44. The molecule has 0 fully saturated rings. The lowest BCUT2D eigenvalue weighted by atomic mass is 10.5. The maximum Gasteiger partial charge on any atom is 0.359 e. The first-order chi connectivity index (χ1) is 4.75. The largest absolute Gasteiger partial charge is 0.476 e. The average molecular weight is 143 g/mol. The lowest BCUT2D eigenvalue weighted by molar-refractivity contribution is 0.0608. The minimum Gasteiger partial charge on any atom is -0.476 e. The van der Waals surface area contributed by atoms with Crippen LogP contribution in [0.15, 0.2) is 6.20 Å². The topological polar surface area (TPSA) is 77.2 Å². The van der Waals surface area contributed by atoms with Crippen LogP contribution in [-0.2, 0) is 0 Å². The van der Waals surface area contributed by atoms with E-state index in [-0.39, 0.29) is 5.69 Å². The molecule has 1 aromatic heterocycles. The molecule has 0 aliphatic rings. The van der Waals surface area contributed by atoms with Crippen LogP contribution in [0.2, 0.25) is 0 Å². The molecule has 0 saturated carbocycles. The molecule has 1 N–H and O–H groups in total. The van der Waals surface area contributed by atoms with E-state index in [1.165, 1.54) is 7.11 Å². The molecular weight excluding hydrogens is 138 g/mol. The highest BCUT2D eigenvalue weighted by Crippen LogP contribution is 1.91. The third-order valence-electron chi connectivity index (χ3n) is 0.911. The van der Waals surface area contributed by atoms with Gasteiger partial charge in [0.25, 0.3) is 0 Å². The molecule has 0 amide bonds. The van der Waals surface area contributed by atoms with Crippen molar-refractivity contribution in [2.45, 2.75) is 0 Å². The van der Waals surface area contributed by atoms with Gasteiger partial charge in [-0.2, -0.15) is 0 Å². The van der Waals surface area contributed by atoms with Crippen molar-refractivity contribution in [1.82, 2.24) is 15.2 Å². The molecule has 0 aromatic carbocycles. The number of carboxylic acid groups (broad SMARTS) is 1. The molecule has 0 saturated heterocycles. The highest BCUT2D eigenvalue weighted by Gasteiger charge is 2.10. The van der Waals surface area contributed by atoms with Crippen molar-refractivity contribution in [1.29, 1.82) is 0 Å². The number of hydrogen-bond acceptors (Lipinski definition) is 4. The van der Waals surface area contributed by atoms with Crippen molar-refractivity contribution in [3.05, 3.63) is 11.9 Å². The smallest absolute Gasteiger partial charge is 0.359 e. The van der Waals surface area contributed by atoms with Crippen molar-refractivity contribution < 1.29 is 14.7 Å². The van der Waals surface area contributed by atoms with E-state index >= 15 is 0 Å². The molecule has 10 heavy (non-hydrogen) atoms. The van der Waals surface area contributed by atoms with Gasteiger partial charge < -0.3 is 9.94 Å². The Balaban J connectivity index is 3.01. The molecular formula is C4H5N3O3. The quantitative estimate of drug-likeness (QED) is 0.576. The van der Waals surface area contributed by atoms with Gasteiger partial charge in [0.1, 0.15) is 7.11 Å². The molecule has 1 heterocycles. The number of rotatable bonds is 2. The molecule has 1 rings (SSSR count). The van der Waals surface area contributed by atoms with E-state index in [0.717, 1.165) is 11.0 Å². The van der Waals surface area contributed by atoms with Gasteiger partial charge in [0.2, 0.25) is 5.69 Å². The van der Waals surface area contributed by atoms with E-state index in [1.807, 2.05) is 0 Å². The van der Waals surface area contributed by atoms with Crippen molar-refractivity contribution in [3.63, 3.8) is 0 Å². The van der Waals surface area contributed by atoms with E-state index in [1.54, 1.807) is 0 Å². The van der Waals surface area contributed by atoms with Gasteiger partial charge in [0, 0.05) is 0 Å². The molecule has 54 valence electrons. The van der Waals surface area contributed by atoms with Crippen molar-refractivity contribution >= 4 is 5.97 Å². The summed E-state index contributed by atoms with van der Waals surface area (Å²) in [5.74, 6) is -1.12. The Labute approximate surface area is 56.0 Å². The Morgan fingerprint density at radius 1 is 1.90 bits per heavy atom. The molecule has 0 atom stereocenters. The first-order valence-corrected chi connectivity index (χ1v) is 2.44. The van der Waals surface area contributed by atoms with Gasteiger partial charge in [-0.1, -0.05) is 4.85 Å². The van der Waals surface area contributed by atoms with Gasteiger partial charge in [-0.15, -0.1) is 5.10 Å². The van der Waals surface area contributed by atoms with Crippen LogP contribution < -0.4 is 4.84 Å². The average Bonchev–Trinajstić information content (AvgIpc) is 2.33. The number of aromatic nitrogens is 3. The molecule has 0 unspecified atom stereocenters. The van der Waals surface area contributed by atoms with E-state index in [2.05, 4.69) is 15.1 Å². The second-order valence-electron chi connectivity index (χ2n) is 1.48. The van der Waals surface area contributed by atoms with E-state index in [9.17, 15) is 4.79 Å². The summed E-state index contributed by atoms with van der Waals surface area (Å²) in [5.41, 5.74) is -0.0949. The minimum absolute atomic E-state index is 0.0949. The maximum absolute atomic E-state index is 10.3. The van der Waals surface area contributed by atoms with Crippen molar-refractivity contribution in [2.75, 3.05) is 7.11 Å². The highest BCUT2D eigenvalue weighted by atomic mass is 16.7. The Kier molecular flexibility index (Phi) is 1.53. The molecule has 0 aliphatic carbocycles. The fourth-order valence-corrected chi connectivity index (χ4v) is 0.497. The second-order valence-corrected chi connectivity index (χ2v) is 1.48. The Bertz CT molecular complexity index is 244. The molecule has 0 aliphatic heterocycles. The van der Waals surface area contributed by atoms with E-state index in [4.69, 9.17) is 5.11 Å². The van der Waals surface area contributed by atoms with E-state index in [0.29, 0.717) is 0 Å². The standard InChI is InChI=1S/C4H5N3O3/c1-10-7-3(4(8)9)2-5-6-7/h2H,1H3,(H,8,9). The second kappa shape index (κ2) is 2.34. The summed E-state index contributed by atoms with van der Waals surface area (Å²) >= 11 is 0. The van der Waals surface area contributed by atoms with Gasteiger partial charge in [0.05, 0.1) is 6.20 Å². The summed E-state index contributed by atoms with van der Waals surface area (Å²) in [5, 5.41) is 15.0. The lowest BCUT2D eigenvalue weighted by Crippen LogP contribution is -2.15. The summed E-state index contributed by atoms with van der Waals surface area (Å²) < 4.78 is 0. The zero-order valence-corrected chi connectivity index (χ0v) is 5.18. The van der Waals surface area contributed by atoms with Crippen LogP contribution in [-0.4, -0.2) is 33.3 Å². The fraction of sp³-hybridized carbons (Fsp3) is 0.250. The molecule has 0 bridgehead atoms. The van der Waals surface area contributed by atoms with Crippen LogP contribution in [0.25, 0.3) is 0 Å². The maximum atomic E-state index is 10.3. The fourth-order valence-electron chi connectivity index (χ4n) is 0.497. The van der Waals surface area contributed by atoms with Crippen LogP contribution in [0.5, 0.6) is 0 Å². The predicted molar refractivity (Wildman–Crippen MR) is 29.5 cm³/mol. The van der Waals surface area contributed by atoms with Gasteiger partial charge in [0.15, 0.2) is 0 Å². The van der Waals surface area contributed by atoms with Gasteiger partial charge in [-0.05, 0) is 5.21 Å². The summed E-state index contributed by atoms with van der Waals surface area (Å²) in [4.78, 5) is 15.6. The minimum atomic E-state index is -1.12. The third kappa shape index (κ3) is 0.903. The first kappa shape index (κ1) is 6.53. The third-order valence-corrected chi connectivity index (χ3v) is 0.911. The SMILES string of the molecule is COn1nncc1C(=O)O. The zero-order chi connectivity index (χ0) is 7.56. The Hall–Kier alpha value is -1.59. The number of carboxylic acids is 1. The monoisotopic (exact) mass is 143 g/mol. The van der Waals surface area contributed by atoms with Crippen molar-refractivity contribution in [2.24, 2.45) is 0 Å². The molecule has 6 heteroatoms. The zero-order valence-electron chi connectivity index (χ0n) is 5.18. The number of nitrogens with zero attached hydrogens (tertiary/aromatic N) is 3. The predicted octanol–water partition coefficient (Wildman–Crippen LogP) is -0.965. The summed E-state index contributed by atoms with van der Waals surface area (Å²) in [6, 6.07) is 0. The van der Waals surface area contributed by atoms with Crippen LogP contribution in [0.1, 0.15) is 10.5 Å².